The Balaban J connectivity index is 3.24. The fourth-order valence-electron chi connectivity index (χ4n) is 0.681. The van der Waals surface area contributed by atoms with E-state index in [0.717, 1.165) is 8.95 Å². The summed E-state index contributed by atoms with van der Waals surface area (Å²) in [7, 11) is 1.58. The summed E-state index contributed by atoms with van der Waals surface area (Å²) in [5.74, 6) is 0.660. The lowest BCUT2D eigenvalue weighted by atomic mass is 10.3. The fraction of sp³-hybridized carbons (Fsp3) is 0.143. The van der Waals surface area contributed by atoms with Crippen molar-refractivity contribution in [1.29, 1.82) is 0 Å². The molecule has 0 fully saturated rings. The number of halogens is 3. The molecule has 1 rings (SSSR count). The molecule has 4 heteroatoms. The average molecular weight is 300 g/mol. The van der Waals surface area contributed by atoms with E-state index < -0.39 is 0 Å². The molecule has 0 bridgehead atoms. The molecule has 60 valence electrons. The van der Waals surface area contributed by atoms with Crippen molar-refractivity contribution in [3.63, 3.8) is 0 Å². The second-order valence-electron chi connectivity index (χ2n) is 1.90. The van der Waals surface area contributed by atoms with Gasteiger partial charge in [0, 0.05) is 8.95 Å². The molecule has 0 saturated carbocycles. The molecule has 0 saturated heterocycles. The number of ether oxygens (including phenoxy) is 1. The van der Waals surface area contributed by atoms with E-state index in [1.165, 1.54) is 0 Å². The van der Waals surface area contributed by atoms with Gasteiger partial charge in [0.1, 0.15) is 5.75 Å². The third-order valence-electron chi connectivity index (χ3n) is 1.18. The summed E-state index contributed by atoms with van der Waals surface area (Å²) < 4.78 is 6.77. The monoisotopic (exact) mass is 298 g/mol. The highest BCUT2D eigenvalue weighted by atomic mass is 79.9. The minimum Gasteiger partial charge on any atom is -0.495 e. The zero-order valence-corrected chi connectivity index (χ0v) is 9.62. The molecule has 0 atom stereocenters. The summed E-state index contributed by atoms with van der Waals surface area (Å²) in [6, 6.07) is 3.68. The molecule has 1 nitrogen and oxygen atoms in total. The highest BCUT2D eigenvalue weighted by molar-refractivity contribution is 9.11. The van der Waals surface area contributed by atoms with Crippen LogP contribution in [0.2, 0.25) is 5.02 Å². The maximum atomic E-state index is 5.87. The van der Waals surface area contributed by atoms with E-state index >= 15 is 0 Å². The molecule has 0 N–H and O–H groups in total. The molecule has 11 heavy (non-hydrogen) atoms. The molecular weight excluding hydrogens is 295 g/mol. The van der Waals surface area contributed by atoms with Gasteiger partial charge in [0.2, 0.25) is 0 Å². The Morgan fingerprint density at radius 2 is 2.00 bits per heavy atom. The van der Waals surface area contributed by atoms with Gasteiger partial charge in [0.25, 0.3) is 0 Å². The second-order valence-corrected chi connectivity index (χ2v) is 4.05. The molecule has 0 radical (unpaired) electrons. The number of hydrogen-bond donors (Lipinski definition) is 0. The Morgan fingerprint density at radius 1 is 1.36 bits per heavy atom. The molecule has 0 aliphatic rings. The topological polar surface area (TPSA) is 9.23 Å². The lowest BCUT2D eigenvalue weighted by Crippen LogP contribution is -1.84. The van der Waals surface area contributed by atoms with Gasteiger partial charge >= 0.3 is 0 Å². The zero-order chi connectivity index (χ0) is 8.43. The Kier molecular flexibility index (Phi) is 3.22. The first-order chi connectivity index (χ1) is 5.15. The van der Waals surface area contributed by atoms with Crippen LogP contribution in [0.15, 0.2) is 21.1 Å². The van der Waals surface area contributed by atoms with Crippen LogP contribution in [-0.4, -0.2) is 7.11 Å². The van der Waals surface area contributed by atoms with E-state index in [0.29, 0.717) is 10.8 Å². The molecule has 0 aliphatic carbocycles. The van der Waals surface area contributed by atoms with Gasteiger partial charge in [0.05, 0.1) is 12.1 Å². The normalized spacial score (nSPS) is 9.82. The molecule has 0 spiro atoms. The van der Waals surface area contributed by atoms with Crippen molar-refractivity contribution in [2.75, 3.05) is 7.11 Å². The summed E-state index contributed by atoms with van der Waals surface area (Å²) in [6.45, 7) is 0. The van der Waals surface area contributed by atoms with Crippen molar-refractivity contribution < 1.29 is 4.74 Å². The Morgan fingerprint density at radius 3 is 2.55 bits per heavy atom. The van der Waals surface area contributed by atoms with Gasteiger partial charge in [-0.05, 0) is 28.1 Å². The van der Waals surface area contributed by atoms with E-state index in [-0.39, 0.29) is 0 Å². The van der Waals surface area contributed by atoms with Crippen LogP contribution in [0.1, 0.15) is 0 Å². The number of rotatable bonds is 1. The highest BCUT2D eigenvalue weighted by Gasteiger charge is 2.05. The number of methoxy groups -OCH3 is 1. The molecular formula is C7H5Br2ClO. The van der Waals surface area contributed by atoms with E-state index in [2.05, 4.69) is 31.9 Å². The van der Waals surface area contributed by atoms with Gasteiger partial charge in [-0.1, -0.05) is 27.5 Å². The maximum Gasteiger partial charge on any atom is 0.139 e. The fourth-order valence-corrected chi connectivity index (χ4v) is 2.05. The van der Waals surface area contributed by atoms with Gasteiger partial charge in [-0.15, -0.1) is 0 Å². The molecule has 0 amide bonds. The van der Waals surface area contributed by atoms with Gasteiger partial charge < -0.3 is 4.74 Å². The third kappa shape index (κ3) is 2.10. The largest absolute Gasteiger partial charge is 0.495 e. The summed E-state index contributed by atoms with van der Waals surface area (Å²) in [5, 5.41) is 0.593. The maximum absolute atomic E-state index is 5.87. The first-order valence-corrected chi connectivity index (χ1v) is 4.80. The SMILES string of the molecule is COc1cc(Br)cc(Br)c1Cl. The van der Waals surface area contributed by atoms with Crippen molar-refractivity contribution in [2.24, 2.45) is 0 Å². The van der Waals surface area contributed by atoms with Crippen LogP contribution in [0.3, 0.4) is 0 Å². The average Bonchev–Trinajstić information content (AvgIpc) is 1.96. The van der Waals surface area contributed by atoms with Gasteiger partial charge in [-0.25, -0.2) is 0 Å². The molecule has 0 unspecified atom stereocenters. The van der Waals surface area contributed by atoms with Crippen LogP contribution < -0.4 is 4.74 Å². The number of benzene rings is 1. The van der Waals surface area contributed by atoms with Crippen molar-refractivity contribution >= 4 is 43.5 Å². The quantitative estimate of drug-likeness (QED) is 0.715. The Bertz CT molecular complexity index is 275. The summed E-state index contributed by atoms with van der Waals surface area (Å²) in [4.78, 5) is 0. The predicted molar refractivity (Wildman–Crippen MR) is 53.4 cm³/mol. The summed E-state index contributed by atoms with van der Waals surface area (Å²) in [5.41, 5.74) is 0. The van der Waals surface area contributed by atoms with E-state index in [1.807, 2.05) is 12.1 Å². The minimum atomic E-state index is 0.593. The lowest BCUT2D eigenvalue weighted by molar-refractivity contribution is 0.414. The van der Waals surface area contributed by atoms with Crippen molar-refractivity contribution in [3.8, 4) is 5.75 Å². The Labute approximate surface area is 86.9 Å². The molecule has 0 aliphatic heterocycles. The summed E-state index contributed by atoms with van der Waals surface area (Å²) in [6.07, 6.45) is 0. The van der Waals surface area contributed by atoms with Crippen molar-refractivity contribution in [1.82, 2.24) is 0 Å². The van der Waals surface area contributed by atoms with Crippen LogP contribution >= 0.6 is 43.5 Å². The Hall–Kier alpha value is 0.270. The second kappa shape index (κ2) is 3.78. The predicted octanol–water partition coefficient (Wildman–Crippen LogP) is 3.87. The van der Waals surface area contributed by atoms with Crippen LogP contribution in [-0.2, 0) is 0 Å². The molecule has 0 aromatic heterocycles. The van der Waals surface area contributed by atoms with Gasteiger partial charge in [0.15, 0.2) is 0 Å². The molecule has 1 aromatic rings. The number of hydrogen-bond acceptors (Lipinski definition) is 1. The standard InChI is InChI=1S/C7H5Br2ClO/c1-11-6-3-4(8)2-5(9)7(6)10/h2-3H,1H3. The smallest absolute Gasteiger partial charge is 0.139 e. The highest BCUT2D eigenvalue weighted by Crippen LogP contribution is 2.35. The minimum absolute atomic E-state index is 0.593. The third-order valence-corrected chi connectivity index (χ3v) is 2.88. The van der Waals surface area contributed by atoms with Crippen LogP contribution in [0.25, 0.3) is 0 Å². The van der Waals surface area contributed by atoms with E-state index in [9.17, 15) is 0 Å². The lowest BCUT2D eigenvalue weighted by Gasteiger charge is -2.04. The zero-order valence-electron chi connectivity index (χ0n) is 5.70. The van der Waals surface area contributed by atoms with Gasteiger partial charge in [-0.3, -0.25) is 0 Å². The summed E-state index contributed by atoms with van der Waals surface area (Å²) >= 11 is 12.5. The van der Waals surface area contributed by atoms with Crippen LogP contribution in [0, 0.1) is 0 Å². The first-order valence-electron chi connectivity index (χ1n) is 2.83. The van der Waals surface area contributed by atoms with Gasteiger partial charge in [-0.2, -0.15) is 0 Å². The molecule has 1 aromatic carbocycles. The molecule has 0 heterocycles. The van der Waals surface area contributed by atoms with E-state index in [1.54, 1.807) is 7.11 Å². The van der Waals surface area contributed by atoms with E-state index in [4.69, 9.17) is 16.3 Å². The van der Waals surface area contributed by atoms with Crippen molar-refractivity contribution in [3.05, 3.63) is 26.1 Å². The van der Waals surface area contributed by atoms with Crippen LogP contribution in [0.4, 0.5) is 0 Å². The first kappa shape index (κ1) is 9.36. The van der Waals surface area contributed by atoms with Crippen molar-refractivity contribution in [2.45, 2.75) is 0 Å². The van der Waals surface area contributed by atoms with Crippen LogP contribution in [0.5, 0.6) is 5.75 Å².